The SMILES string of the molecule is Cc1ccc(CN)cc1S(=O)(=O)NCC1COCCO1. The molecule has 1 aromatic rings. The van der Waals surface area contributed by atoms with Crippen LogP contribution >= 0.6 is 0 Å². The fourth-order valence-corrected chi connectivity index (χ4v) is 3.36. The Hall–Kier alpha value is -0.990. The molecule has 112 valence electrons. The van der Waals surface area contributed by atoms with Crippen molar-refractivity contribution < 1.29 is 17.9 Å². The second-order valence-corrected chi connectivity index (χ2v) is 6.46. The number of hydrogen-bond donors (Lipinski definition) is 2. The van der Waals surface area contributed by atoms with Gasteiger partial charge in [0.1, 0.15) is 0 Å². The van der Waals surface area contributed by atoms with E-state index in [4.69, 9.17) is 15.2 Å². The van der Waals surface area contributed by atoms with E-state index >= 15 is 0 Å². The summed E-state index contributed by atoms with van der Waals surface area (Å²) in [6.07, 6.45) is -0.239. The molecule has 0 aromatic heterocycles. The van der Waals surface area contributed by atoms with Gasteiger partial charge in [0.2, 0.25) is 10.0 Å². The van der Waals surface area contributed by atoms with Gasteiger partial charge in [0.25, 0.3) is 0 Å². The Morgan fingerprint density at radius 3 is 2.85 bits per heavy atom. The summed E-state index contributed by atoms with van der Waals surface area (Å²) in [7, 11) is -3.56. The molecule has 1 fully saturated rings. The van der Waals surface area contributed by atoms with Gasteiger partial charge >= 0.3 is 0 Å². The molecule has 1 atom stereocenters. The molecule has 2 rings (SSSR count). The lowest BCUT2D eigenvalue weighted by Crippen LogP contribution is -2.39. The minimum Gasteiger partial charge on any atom is -0.376 e. The van der Waals surface area contributed by atoms with Gasteiger partial charge in [-0.25, -0.2) is 13.1 Å². The van der Waals surface area contributed by atoms with E-state index in [0.717, 1.165) is 5.56 Å². The highest BCUT2D eigenvalue weighted by molar-refractivity contribution is 7.89. The minimum atomic E-state index is -3.56. The maximum Gasteiger partial charge on any atom is 0.240 e. The standard InChI is InChI=1S/C13H20N2O4S/c1-10-2-3-11(7-14)6-13(10)20(16,17)15-8-12-9-18-4-5-19-12/h2-3,6,12,15H,4-5,7-9,14H2,1H3. The molecule has 1 unspecified atom stereocenters. The van der Waals surface area contributed by atoms with Crippen LogP contribution in [-0.4, -0.2) is 40.9 Å². The van der Waals surface area contributed by atoms with Crippen molar-refractivity contribution in [2.45, 2.75) is 24.5 Å². The van der Waals surface area contributed by atoms with Gasteiger partial charge in [-0.15, -0.1) is 0 Å². The third-order valence-corrected chi connectivity index (χ3v) is 4.73. The van der Waals surface area contributed by atoms with Gasteiger partial charge in [0.15, 0.2) is 0 Å². The molecule has 1 heterocycles. The number of sulfonamides is 1. The Bertz CT molecular complexity index is 553. The molecule has 0 bridgehead atoms. The number of nitrogens with one attached hydrogen (secondary N) is 1. The summed E-state index contributed by atoms with van der Waals surface area (Å²) >= 11 is 0. The molecule has 0 saturated carbocycles. The zero-order valence-electron chi connectivity index (χ0n) is 11.5. The maximum atomic E-state index is 12.3. The van der Waals surface area contributed by atoms with E-state index in [1.54, 1.807) is 19.1 Å². The average Bonchev–Trinajstić information content (AvgIpc) is 2.47. The topological polar surface area (TPSA) is 90.7 Å². The monoisotopic (exact) mass is 300 g/mol. The first kappa shape index (κ1) is 15.4. The summed E-state index contributed by atoms with van der Waals surface area (Å²) in [5.74, 6) is 0. The van der Waals surface area contributed by atoms with Crippen molar-refractivity contribution in [3.05, 3.63) is 29.3 Å². The lowest BCUT2D eigenvalue weighted by atomic mass is 10.1. The molecule has 1 aliphatic rings. The predicted octanol–water partition coefficient (Wildman–Crippen LogP) is 0.147. The van der Waals surface area contributed by atoms with Gasteiger partial charge in [-0.3, -0.25) is 0 Å². The molecular weight excluding hydrogens is 280 g/mol. The molecule has 0 spiro atoms. The van der Waals surface area contributed by atoms with Crippen molar-refractivity contribution in [2.24, 2.45) is 5.73 Å². The molecule has 0 aliphatic carbocycles. The largest absolute Gasteiger partial charge is 0.376 e. The van der Waals surface area contributed by atoms with E-state index in [-0.39, 0.29) is 17.5 Å². The smallest absolute Gasteiger partial charge is 0.240 e. The highest BCUT2D eigenvalue weighted by Crippen LogP contribution is 2.17. The third-order valence-electron chi connectivity index (χ3n) is 3.16. The van der Waals surface area contributed by atoms with Gasteiger partial charge in [-0.2, -0.15) is 0 Å². The van der Waals surface area contributed by atoms with Gasteiger partial charge < -0.3 is 15.2 Å². The minimum absolute atomic E-state index is 0.203. The first-order valence-corrected chi connectivity index (χ1v) is 8.00. The summed E-state index contributed by atoms with van der Waals surface area (Å²) in [5.41, 5.74) is 7.03. The molecule has 3 N–H and O–H groups in total. The van der Waals surface area contributed by atoms with Gasteiger partial charge in [-0.1, -0.05) is 12.1 Å². The first-order chi connectivity index (χ1) is 9.53. The highest BCUT2D eigenvalue weighted by atomic mass is 32.2. The summed E-state index contributed by atoms with van der Waals surface area (Å²) in [6, 6.07) is 5.19. The second kappa shape index (κ2) is 6.64. The lowest BCUT2D eigenvalue weighted by molar-refractivity contribution is -0.0846. The lowest BCUT2D eigenvalue weighted by Gasteiger charge is -2.23. The van der Waals surface area contributed by atoms with Crippen LogP contribution < -0.4 is 10.5 Å². The Balaban J connectivity index is 2.09. The molecular formula is C13H20N2O4S. The zero-order chi connectivity index (χ0) is 14.6. The van der Waals surface area contributed by atoms with Crippen LogP contribution in [0.3, 0.4) is 0 Å². The third kappa shape index (κ3) is 3.77. The number of aryl methyl sites for hydroxylation is 1. The van der Waals surface area contributed by atoms with Crippen molar-refractivity contribution in [1.29, 1.82) is 0 Å². The van der Waals surface area contributed by atoms with Crippen LogP contribution in [0.5, 0.6) is 0 Å². The van der Waals surface area contributed by atoms with Gasteiger partial charge in [-0.05, 0) is 24.1 Å². The molecule has 1 saturated heterocycles. The van der Waals surface area contributed by atoms with Crippen LogP contribution in [0.15, 0.2) is 23.1 Å². The Kier molecular flexibility index (Phi) is 5.11. The Morgan fingerprint density at radius 2 is 2.20 bits per heavy atom. The van der Waals surface area contributed by atoms with Gasteiger partial charge in [0, 0.05) is 13.1 Å². The Morgan fingerprint density at radius 1 is 1.40 bits per heavy atom. The predicted molar refractivity (Wildman–Crippen MR) is 74.8 cm³/mol. The second-order valence-electron chi connectivity index (χ2n) is 4.72. The maximum absolute atomic E-state index is 12.3. The molecule has 7 heteroatoms. The van der Waals surface area contributed by atoms with Crippen LogP contribution in [0.25, 0.3) is 0 Å². The van der Waals surface area contributed by atoms with E-state index in [0.29, 0.717) is 31.9 Å². The average molecular weight is 300 g/mol. The number of hydrogen-bond acceptors (Lipinski definition) is 5. The fraction of sp³-hybridized carbons (Fsp3) is 0.538. The summed E-state index contributed by atoms with van der Waals surface area (Å²) in [5, 5.41) is 0. The molecule has 1 aliphatic heterocycles. The van der Waals surface area contributed by atoms with Crippen molar-refractivity contribution in [1.82, 2.24) is 4.72 Å². The highest BCUT2D eigenvalue weighted by Gasteiger charge is 2.21. The zero-order valence-corrected chi connectivity index (χ0v) is 12.3. The quantitative estimate of drug-likeness (QED) is 0.807. The number of ether oxygens (including phenoxy) is 2. The summed E-state index contributed by atoms with van der Waals surface area (Å²) in [6.45, 7) is 3.73. The summed E-state index contributed by atoms with van der Waals surface area (Å²) < 4.78 is 37.8. The van der Waals surface area contributed by atoms with Crippen LogP contribution in [0.4, 0.5) is 0 Å². The molecule has 6 nitrogen and oxygen atoms in total. The molecule has 0 radical (unpaired) electrons. The van der Waals surface area contributed by atoms with Crippen LogP contribution in [0, 0.1) is 6.92 Å². The molecule has 20 heavy (non-hydrogen) atoms. The van der Waals surface area contributed by atoms with E-state index in [1.165, 1.54) is 0 Å². The van der Waals surface area contributed by atoms with Crippen molar-refractivity contribution in [3.63, 3.8) is 0 Å². The molecule has 1 aromatic carbocycles. The van der Waals surface area contributed by atoms with Crippen molar-refractivity contribution in [3.8, 4) is 0 Å². The first-order valence-electron chi connectivity index (χ1n) is 6.51. The van der Waals surface area contributed by atoms with Crippen molar-refractivity contribution in [2.75, 3.05) is 26.4 Å². The normalized spacial score (nSPS) is 20.0. The van der Waals surface area contributed by atoms with E-state index in [2.05, 4.69) is 4.72 Å². The van der Waals surface area contributed by atoms with Crippen LogP contribution in [-0.2, 0) is 26.0 Å². The van der Waals surface area contributed by atoms with Crippen molar-refractivity contribution >= 4 is 10.0 Å². The number of rotatable bonds is 5. The van der Waals surface area contributed by atoms with Crippen LogP contribution in [0.2, 0.25) is 0 Å². The molecule has 0 amide bonds. The Labute approximate surface area is 119 Å². The number of nitrogens with two attached hydrogens (primary N) is 1. The van der Waals surface area contributed by atoms with E-state index in [1.807, 2.05) is 6.07 Å². The number of benzene rings is 1. The van der Waals surface area contributed by atoms with E-state index < -0.39 is 10.0 Å². The fourth-order valence-electron chi connectivity index (χ4n) is 2.00. The van der Waals surface area contributed by atoms with Gasteiger partial charge in [0.05, 0.1) is 30.8 Å². The van der Waals surface area contributed by atoms with E-state index in [9.17, 15) is 8.42 Å². The van der Waals surface area contributed by atoms with Crippen LogP contribution in [0.1, 0.15) is 11.1 Å². The summed E-state index contributed by atoms with van der Waals surface area (Å²) in [4.78, 5) is 0.261.